The summed E-state index contributed by atoms with van der Waals surface area (Å²) in [5, 5.41) is 21.1. The molecule has 0 spiro atoms. The zero-order valence-corrected chi connectivity index (χ0v) is 5.77. The highest BCUT2D eigenvalue weighted by Crippen LogP contribution is 1.88. The fourth-order valence-corrected chi connectivity index (χ4v) is 0.646. The van der Waals surface area contributed by atoms with Crippen molar-refractivity contribution in [3.8, 4) is 0 Å². The van der Waals surface area contributed by atoms with Gasteiger partial charge in [0.2, 0.25) is 5.69 Å². The van der Waals surface area contributed by atoms with Crippen molar-refractivity contribution in [1.82, 2.24) is 4.98 Å². The van der Waals surface area contributed by atoms with Crippen LogP contribution in [0.1, 0.15) is 16.2 Å². The molecule has 58 valence electrons. The molecule has 0 fully saturated rings. The normalized spacial score (nSPS) is 9.55. The average molecular weight is 153 g/mol. The van der Waals surface area contributed by atoms with Gasteiger partial charge in [-0.25, -0.2) is 0 Å². The quantitative estimate of drug-likeness (QED) is 0.359. The number of nitrogens with zero attached hydrogens (tertiary/aromatic N) is 2. The highest BCUT2D eigenvalue weighted by molar-refractivity contribution is 5.81. The molecule has 0 amide bonds. The Hall–Kier alpha value is -1.65. The highest BCUT2D eigenvalue weighted by atomic mass is 16.5. The van der Waals surface area contributed by atoms with Crippen LogP contribution in [0.3, 0.4) is 0 Å². The van der Waals surface area contributed by atoms with E-state index in [0.29, 0.717) is 0 Å². The van der Waals surface area contributed by atoms with Crippen molar-refractivity contribution in [3.63, 3.8) is 0 Å². The number of hydrogen-bond acceptors (Lipinski definition) is 4. The van der Waals surface area contributed by atoms with Crippen LogP contribution in [0.2, 0.25) is 0 Å². The molecule has 0 saturated carbocycles. The Balaban J connectivity index is 3.27. The third-order valence-corrected chi connectivity index (χ3v) is 1.21. The van der Waals surface area contributed by atoms with E-state index in [1.165, 1.54) is 13.1 Å². The second-order valence-electron chi connectivity index (χ2n) is 2.02. The van der Waals surface area contributed by atoms with Gasteiger partial charge in [0.1, 0.15) is 12.2 Å². The van der Waals surface area contributed by atoms with Crippen molar-refractivity contribution in [1.29, 1.82) is 0 Å². The Morgan fingerprint density at radius 1 is 1.64 bits per heavy atom. The maximum absolute atomic E-state index is 10.9. The van der Waals surface area contributed by atoms with E-state index >= 15 is 0 Å². The summed E-state index contributed by atoms with van der Waals surface area (Å²) in [6.45, 7) is 1.46. The monoisotopic (exact) mass is 153 g/mol. The fourth-order valence-electron chi connectivity index (χ4n) is 0.646. The second-order valence-corrected chi connectivity index (χ2v) is 2.02. The van der Waals surface area contributed by atoms with E-state index in [9.17, 15) is 15.1 Å². The predicted octanol–water partition coefficient (Wildman–Crippen LogP) is -1.61. The lowest BCUT2D eigenvalue weighted by atomic mass is 10.4. The third kappa shape index (κ3) is 1.26. The van der Waals surface area contributed by atoms with E-state index in [-0.39, 0.29) is 10.4 Å². The maximum Gasteiger partial charge on any atom is 0.258 e. The summed E-state index contributed by atoms with van der Waals surface area (Å²) < 4.78 is 0.266. The van der Waals surface area contributed by atoms with E-state index in [1.54, 1.807) is 0 Å². The lowest BCUT2D eigenvalue weighted by Gasteiger charge is -2.05. The van der Waals surface area contributed by atoms with Gasteiger partial charge in [-0.05, 0) is 0 Å². The molecule has 0 aromatic carbocycles. The van der Waals surface area contributed by atoms with Crippen LogP contribution in [0.15, 0.2) is 12.4 Å². The first-order valence-corrected chi connectivity index (χ1v) is 2.88. The number of aryl methyl sites for hydroxylation is 1. The molecule has 0 bridgehead atoms. The molecule has 0 N–H and O–H groups in total. The molecule has 0 aliphatic carbocycles. The molecule has 0 aliphatic rings. The fraction of sp³-hybridized carbons (Fsp3) is 0.167. The summed E-state index contributed by atoms with van der Waals surface area (Å²) >= 11 is 0. The zero-order chi connectivity index (χ0) is 8.43. The van der Waals surface area contributed by atoms with Crippen molar-refractivity contribution < 1.29 is 14.6 Å². The van der Waals surface area contributed by atoms with Gasteiger partial charge < -0.3 is 15.1 Å². The molecule has 1 rings (SSSR count). The summed E-state index contributed by atoms with van der Waals surface area (Å²) in [5.74, 6) is -1.52. The molecular weight excluding hydrogens is 148 g/mol. The first-order valence-electron chi connectivity index (χ1n) is 2.88. The van der Waals surface area contributed by atoms with E-state index in [1.807, 2.05) is 0 Å². The van der Waals surface area contributed by atoms with Gasteiger partial charge in [-0.15, -0.1) is 0 Å². The number of aromatic nitrogens is 2. The summed E-state index contributed by atoms with van der Waals surface area (Å²) in [7, 11) is 0. The minimum Gasteiger partial charge on any atom is -0.618 e. The zero-order valence-electron chi connectivity index (χ0n) is 5.77. The van der Waals surface area contributed by atoms with Crippen LogP contribution >= 0.6 is 0 Å². The van der Waals surface area contributed by atoms with Gasteiger partial charge in [-0.3, -0.25) is 4.98 Å². The number of carbonyl (C=O) groups excluding carboxylic acids is 1. The first kappa shape index (κ1) is 7.46. The molecule has 1 aromatic rings. The maximum atomic E-state index is 10.9. The number of rotatable bonds is 1. The summed E-state index contributed by atoms with van der Waals surface area (Å²) in [5.41, 5.74) is -0.239. The van der Waals surface area contributed by atoms with Gasteiger partial charge in [0.05, 0.1) is 6.20 Å². The molecule has 0 unspecified atom stereocenters. The van der Waals surface area contributed by atoms with Crippen LogP contribution in [0.4, 0.5) is 0 Å². The molecule has 0 aliphatic heterocycles. The van der Waals surface area contributed by atoms with Crippen LogP contribution in [-0.4, -0.2) is 11.0 Å². The smallest absolute Gasteiger partial charge is 0.258 e. The van der Waals surface area contributed by atoms with E-state index in [4.69, 9.17) is 0 Å². The van der Waals surface area contributed by atoms with Crippen LogP contribution in [0, 0.1) is 12.1 Å². The number of hydrogen-bond donors (Lipinski definition) is 0. The van der Waals surface area contributed by atoms with Gasteiger partial charge >= 0.3 is 0 Å². The molecule has 0 saturated heterocycles. The molecule has 0 radical (unpaired) electrons. The number of carbonyl (C=O) groups is 1. The van der Waals surface area contributed by atoms with Crippen LogP contribution in [0.25, 0.3) is 0 Å². The Morgan fingerprint density at radius 2 is 2.27 bits per heavy atom. The Labute approximate surface area is 62.5 Å². The van der Waals surface area contributed by atoms with Crippen molar-refractivity contribution in [2.24, 2.45) is 0 Å². The molecule has 1 aromatic heterocycles. The number of carboxylic acid groups (broad SMARTS) is 1. The van der Waals surface area contributed by atoms with Gasteiger partial charge in [-0.2, -0.15) is 4.73 Å². The van der Waals surface area contributed by atoms with E-state index < -0.39 is 11.7 Å². The average Bonchev–Trinajstić information content (AvgIpc) is 1.94. The Morgan fingerprint density at radius 3 is 2.73 bits per heavy atom. The largest absolute Gasteiger partial charge is 0.618 e. The van der Waals surface area contributed by atoms with Crippen LogP contribution in [0.5, 0.6) is 0 Å². The molecule has 5 heteroatoms. The SMILES string of the molecule is Cc1cncc(C(=O)[O-])[n+]1[O-]. The van der Waals surface area contributed by atoms with E-state index in [0.717, 1.165) is 6.20 Å². The van der Waals surface area contributed by atoms with Crippen LogP contribution < -0.4 is 9.84 Å². The van der Waals surface area contributed by atoms with Gasteiger partial charge in [0.15, 0.2) is 0 Å². The summed E-state index contributed by atoms with van der Waals surface area (Å²) in [6, 6.07) is 0. The van der Waals surface area contributed by atoms with Gasteiger partial charge in [0.25, 0.3) is 5.69 Å². The lowest BCUT2D eigenvalue weighted by Crippen LogP contribution is -2.42. The summed E-state index contributed by atoms with van der Waals surface area (Å²) in [6.07, 6.45) is 2.23. The van der Waals surface area contributed by atoms with Crippen molar-refractivity contribution in [3.05, 3.63) is 29.0 Å². The molecule has 0 atom stereocenters. The van der Waals surface area contributed by atoms with Gasteiger partial charge in [0, 0.05) is 6.92 Å². The highest BCUT2D eigenvalue weighted by Gasteiger charge is 2.07. The van der Waals surface area contributed by atoms with Gasteiger partial charge in [-0.1, -0.05) is 0 Å². The Bertz CT molecular complexity index is 298. The second kappa shape index (κ2) is 2.53. The van der Waals surface area contributed by atoms with Crippen LogP contribution in [-0.2, 0) is 0 Å². The standard InChI is InChI=1S/C6H6N2O3/c1-4-2-7-3-5(6(9)10)8(4)11/h2-3H,1H3,(H,9,10)/p-1. The molecular formula is C6H5N2O3-. The lowest BCUT2D eigenvalue weighted by molar-refractivity contribution is -0.618. The predicted molar refractivity (Wildman–Crippen MR) is 32.3 cm³/mol. The summed E-state index contributed by atoms with van der Waals surface area (Å²) in [4.78, 5) is 13.7. The first-order chi connectivity index (χ1) is 5.13. The van der Waals surface area contributed by atoms with Crippen molar-refractivity contribution in [2.45, 2.75) is 6.92 Å². The number of aromatic carboxylic acids is 1. The van der Waals surface area contributed by atoms with Crippen molar-refractivity contribution in [2.75, 3.05) is 0 Å². The third-order valence-electron chi connectivity index (χ3n) is 1.21. The van der Waals surface area contributed by atoms with E-state index in [2.05, 4.69) is 4.98 Å². The molecule has 1 heterocycles. The van der Waals surface area contributed by atoms with Crippen molar-refractivity contribution >= 4 is 5.97 Å². The topological polar surface area (TPSA) is 80.0 Å². The minimum absolute atomic E-state index is 0.228. The Kier molecular flexibility index (Phi) is 1.72. The minimum atomic E-state index is -1.52. The number of carboxylic acids is 1. The molecule has 5 nitrogen and oxygen atoms in total. The molecule has 11 heavy (non-hydrogen) atoms.